The van der Waals surface area contributed by atoms with E-state index in [1.807, 2.05) is 29.4 Å². The van der Waals surface area contributed by atoms with Crippen molar-refractivity contribution in [3.8, 4) is 0 Å². The van der Waals surface area contributed by atoms with Gasteiger partial charge in [0.05, 0.1) is 6.04 Å². The van der Waals surface area contributed by atoms with Crippen molar-refractivity contribution in [1.82, 2.24) is 24.3 Å². The summed E-state index contributed by atoms with van der Waals surface area (Å²) in [7, 11) is 3.78. The molecule has 0 radical (unpaired) electrons. The summed E-state index contributed by atoms with van der Waals surface area (Å²) in [6, 6.07) is 0.113. The number of hydrogen-bond acceptors (Lipinski definition) is 4. The first-order valence-corrected chi connectivity index (χ1v) is 4.78. The van der Waals surface area contributed by atoms with E-state index in [2.05, 4.69) is 27.4 Å². The van der Waals surface area contributed by atoms with E-state index in [0.717, 1.165) is 11.8 Å². The van der Waals surface area contributed by atoms with E-state index >= 15 is 0 Å². The Balaban J connectivity index is 2.36. The molecular formula is C9H14N6. The van der Waals surface area contributed by atoms with Crippen LogP contribution in [-0.4, -0.2) is 31.4 Å². The lowest BCUT2D eigenvalue weighted by Crippen LogP contribution is -2.13. The summed E-state index contributed by atoms with van der Waals surface area (Å²) in [5.74, 6) is 1.73. The van der Waals surface area contributed by atoms with Gasteiger partial charge in [-0.2, -0.15) is 0 Å². The van der Waals surface area contributed by atoms with Gasteiger partial charge in [0.15, 0.2) is 5.82 Å². The summed E-state index contributed by atoms with van der Waals surface area (Å²) < 4.78 is 3.92. The fourth-order valence-electron chi connectivity index (χ4n) is 1.61. The Morgan fingerprint density at radius 2 is 2.27 bits per heavy atom. The van der Waals surface area contributed by atoms with Gasteiger partial charge in [-0.05, 0) is 6.92 Å². The molecule has 2 heterocycles. The van der Waals surface area contributed by atoms with Crippen LogP contribution in [0.15, 0.2) is 18.7 Å². The molecule has 80 valence electrons. The molecule has 0 aliphatic rings. The molecule has 2 aromatic rings. The van der Waals surface area contributed by atoms with Crippen molar-refractivity contribution in [2.75, 3.05) is 12.4 Å². The molecule has 15 heavy (non-hydrogen) atoms. The summed E-state index contributed by atoms with van der Waals surface area (Å²) in [6.07, 6.45) is 5.38. The van der Waals surface area contributed by atoms with Gasteiger partial charge >= 0.3 is 0 Å². The van der Waals surface area contributed by atoms with Crippen LogP contribution in [0.1, 0.15) is 18.8 Å². The molecule has 6 heteroatoms. The Morgan fingerprint density at radius 3 is 2.87 bits per heavy atom. The topological polar surface area (TPSA) is 60.6 Å². The molecule has 0 bridgehead atoms. The maximum absolute atomic E-state index is 4.19. The molecule has 0 amide bonds. The Kier molecular flexibility index (Phi) is 2.40. The standard InChI is InChI=1S/C9H14N6/c1-7(8-13-12-6-14(8)3)15-5-4-11-9(15)10-2/h4-7H,1-3H3,(H,10,11). The highest BCUT2D eigenvalue weighted by Gasteiger charge is 2.15. The van der Waals surface area contributed by atoms with Gasteiger partial charge in [0.25, 0.3) is 0 Å². The number of anilines is 1. The highest BCUT2D eigenvalue weighted by atomic mass is 15.3. The molecule has 0 aromatic carbocycles. The molecule has 2 aromatic heterocycles. The first-order chi connectivity index (χ1) is 7.24. The Labute approximate surface area is 88.0 Å². The van der Waals surface area contributed by atoms with Crippen molar-refractivity contribution in [1.29, 1.82) is 0 Å². The normalized spacial score (nSPS) is 12.7. The van der Waals surface area contributed by atoms with E-state index in [0.29, 0.717) is 0 Å². The van der Waals surface area contributed by atoms with E-state index in [4.69, 9.17) is 0 Å². The number of imidazole rings is 1. The first kappa shape index (κ1) is 9.70. The van der Waals surface area contributed by atoms with Gasteiger partial charge in [-0.1, -0.05) is 0 Å². The van der Waals surface area contributed by atoms with E-state index in [-0.39, 0.29) is 6.04 Å². The predicted octanol–water partition coefficient (Wildman–Crippen LogP) is 0.663. The Morgan fingerprint density at radius 1 is 1.47 bits per heavy atom. The molecule has 0 saturated heterocycles. The van der Waals surface area contributed by atoms with Crippen LogP contribution in [0.25, 0.3) is 0 Å². The zero-order valence-corrected chi connectivity index (χ0v) is 9.05. The number of rotatable bonds is 3. The number of nitrogens with one attached hydrogen (secondary N) is 1. The van der Waals surface area contributed by atoms with Crippen LogP contribution in [-0.2, 0) is 7.05 Å². The maximum atomic E-state index is 4.19. The van der Waals surface area contributed by atoms with E-state index in [1.54, 1.807) is 12.5 Å². The maximum Gasteiger partial charge on any atom is 0.203 e. The van der Waals surface area contributed by atoms with Crippen molar-refractivity contribution in [2.24, 2.45) is 7.05 Å². The van der Waals surface area contributed by atoms with Crippen LogP contribution >= 0.6 is 0 Å². The number of hydrogen-bond donors (Lipinski definition) is 1. The molecule has 1 atom stereocenters. The van der Waals surface area contributed by atoms with E-state index in [1.165, 1.54) is 0 Å². The monoisotopic (exact) mass is 206 g/mol. The third kappa shape index (κ3) is 1.58. The third-order valence-corrected chi connectivity index (χ3v) is 2.43. The molecular weight excluding hydrogens is 192 g/mol. The van der Waals surface area contributed by atoms with E-state index < -0.39 is 0 Å². The largest absolute Gasteiger partial charge is 0.359 e. The molecule has 0 aliphatic carbocycles. The quantitative estimate of drug-likeness (QED) is 0.801. The van der Waals surface area contributed by atoms with Crippen molar-refractivity contribution in [3.05, 3.63) is 24.5 Å². The summed E-state index contributed by atoms with van der Waals surface area (Å²) in [6.45, 7) is 2.06. The lowest BCUT2D eigenvalue weighted by molar-refractivity contribution is 0.579. The highest BCUT2D eigenvalue weighted by molar-refractivity contribution is 5.26. The van der Waals surface area contributed by atoms with Gasteiger partial charge in [-0.15, -0.1) is 10.2 Å². The minimum Gasteiger partial charge on any atom is -0.359 e. The molecule has 2 rings (SSSR count). The van der Waals surface area contributed by atoms with Crippen molar-refractivity contribution in [2.45, 2.75) is 13.0 Å². The lowest BCUT2D eigenvalue weighted by Gasteiger charge is -2.14. The minimum atomic E-state index is 0.113. The smallest absolute Gasteiger partial charge is 0.203 e. The van der Waals surface area contributed by atoms with Crippen molar-refractivity contribution < 1.29 is 0 Å². The van der Waals surface area contributed by atoms with Gasteiger partial charge < -0.3 is 14.5 Å². The summed E-state index contributed by atoms with van der Waals surface area (Å²) in [5, 5.41) is 11.0. The fourth-order valence-corrected chi connectivity index (χ4v) is 1.61. The zero-order valence-electron chi connectivity index (χ0n) is 9.05. The molecule has 0 saturated carbocycles. The molecule has 6 nitrogen and oxygen atoms in total. The Bertz CT molecular complexity index is 443. The van der Waals surface area contributed by atoms with Gasteiger partial charge in [0.1, 0.15) is 6.33 Å². The molecule has 1 unspecified atom stereocenters. The zero-order chi connectivity index (χ0) is 10.8. The van der Waals surface area contributed by atoms with Crippen LogP contribution in [0.3, 0.4) is 0 Å². The second-order valence-corrected chi connectivity index (χ2v) is 3.38. The first-order valence-electron chi connectivity index (χ1n) is 4.78. The average molecular weight is 206 g/mol. The second-order valence-electron chi connectivity index (χ2n) is 3.38. The highest BCUT2D eigenvalue weighted by Crippen LogP contribution is 2.18. The van der Waals surface area contributed by atoms with Gasteiger partial charge in [0, 0.05) is 26.5 Å². The van der Waals surface area contributed by atoms with Gasteiger partial charge in [-0.25, -0.2) is 4.98 Å². The van der Waals surface area contributed by atoms with Crippen molar-refractivity contribution in [3.63, 3.8) is 0 Å². The number of nitrogens with zero attached hydrogens (tertiary/aromatic N) is 5. The average Bonchev–Trinajstić information content (AvgIpc) is 2.84. The van der Waals surface area contributed by atoms with Crippen LogP contribution < -0.4 is 5.32 Å². The summed E-state index contributed by atoms with van der Waals surface area (Å²) >= 11 is 0. The number of aromatic nitrogens is 5. The molecule has 1 N–H and O–H groups in total. The fraction of sp³-hybridized carbons (Fsp3) is 0.444. The molecule has 0 fully saturated rings. The predicted molar refractivity (Wildman–Crippen MR) is 56.6 cm³/mol. The van der Waals surface area contributed by atoms with Crippen molar-refractivity contribution >= 4 is 5.95 Å². The number of aryl methyl sites for hydroxylation is 1. The lowest BCUT2D eigenvalue weighted by atomic mass is 10.3. The molecule has 0 spiro atoms. The van der Waals surface area contributed by atoms with Crippen LogP contribution in [0.5, 0.6) is 0 Å². The van der Waals surface area contributed by atoms with Crippen LogP contribution in [0, 0.1) is 0 Å². The minimum absolute atomic E-state index is 0.113. The summed E-state index contributed by atoms with van der Waals surface area (Å²) in [5.41, 5.74) is 0. The van der Waals surface area contributed by atoms with Crippen LogP contribution in [0.4, 0.5) is 5.95 Å². The van der Waals surface area contributed by atoms with E-state index in [9.17, 15) is 0 Å². The van der Waals surface area contributed by atoms with Gasteiger partial charge in [0.2, 0.25) is 5.95 Å². The SMILES string of the molecule is CNc1nccn1C(C)c1nncn1C. The molecule has 0 aliphatic heterocycles. The van der Waals surface area contributed by atoms with Crippen LogP contribution in [0.2, 0.25) is 0 Å². The van der Waals surface area contributed by atoms with Gasteiger partial charge in [-0.3, -0.25) is 0 Å². The third-order valence-electron chi connectivity index (χ3n) is 2.43. The Hall–Kier alpha value is -1.85. The summed E-state index contributed by atoms with van der Waals surface area (Å²) in [4.78, 5) is 4.19. The second kappa shape index (κ2) is 3.72.